The fourth-order valence-electron chi connectivity index (χ4n) is 3.20. The van der Waals surface area contributed by atoms with Crippen LogP contribution < -0.4 is 15.6 Å². The second-order valence-electron chi connectivity index (χ2n) is 6.46. The zero-order valence-corrected chi connectivity index (χ0v) is 15.7. The highest BCUT2D eigenvalue weighted by Crippen LogP contribution is 2.26. The maximum absolute atomic E-state index is 13.8. The molecule has 2 heterocycles. The normalized spacial score (nSPS) is 12.6. The molecule has 0 bridgehead atoms. The molecule has 8 heteroatoms. The summed E-state index contributed by atoms with van der Waals surface area (Å²) in [5.41, 5.74) is 2.49. The van der Waals surface area contributed by atoms with Gasteiger partial charge in [0.05, 0.1) is 5.69 Å². The van der Waals surface area contributed by atoms with E-state index in [1.54, 1.807) is 6.92 Å². The van der Waals surface area contributed by atoms with Gasteiger partial charge < -0.3 is 10.1 Å². The van der Waals surface area contributed by atoms with Gasteiger partial charge in [0.15, 0.2) is 5.02 Å². The Hall–Kier alpha value is -2.93. The number of hydrogen-bond acceptors (Lipinski definition) is 4. The number of halogens is 3. The van der Waals surface area contributed by atoms with Crippen LogP contribution in [0.3, 0.4) is 0 Å². The van der Waals surface area contributed by atoms with E-state index in [2.05, 4.69) is 10.3 Å². The summed E-state index contributed by atoms with van der Waals surface area (Å²) >= 11 is 6.18. The molecule has 2 aromatic carbocycles. The lowest BCUT2D eigenvalue weighted by Crippen LogP contribution is -2.23. The van der Waals surface area contributed by atoms with Crippen molar-refractivity contribution in [2.75, 3.05) is 11.9 Å². The number of nitrogens with zero attached hydrogens (tertiary/aromatic N) is 2. The molecule has 1 aliphatic rings. The van der Waals surface area contributed by atoms with Crippen LogP contribution in [0.25, 0.3) is 5.69 Å². The molecule has 3 aromatic rings. The molecule has 0 saturated carbocycles. The maximum atomic E-state index is 13.8. The molecule has 0 spiro atoms. The molecule has 144 valence electrons. The molecule has 0 unspecified atom stereocenters. The third-order valence-corrected chi connectivity index (χ3v) is 4.93. The van der Waals surface area contributed by atoms with E-state index in [1.807, 2.05) is 18.2 Å². The fourth-order valence-corrected chi connectivity index (χ4v) is 3.38. The SMILES string of the molecule is Cc1nc(OCc2ccc(F)cc2F)c(Cl)c(=O)n1-c1ccc2c(c1)CCN2. The van der Waals surface area contributed by atoms with Crippen molar-refractivity contribution in [3.8, 4) is 11.6 Å². The molecular formula is C20H16ClF2N3O2. The molecule has 1 aromatic heterocycles. The first-order valence-corrected chi connectivity index (χ1v) is 9.05. The molecule has 0 aliphatic carbocycles. The van der Waals surface area contributed by atoms with Crippen LogP contribution in [0.15, 0.2) is 41.2 Å². The lowest BCUT2D eigenvalue weighted by molar-refractivity contribution is 0.285. The highest BCUT2D eigenvalue weighted by molar-refractivity contribution is 6.31. The molecule has 0 amide bonds. The van der Waals surface area contributed by atoms with Gasteiger partial charge in [-0.05, 0) is 49.2 Å². The van der Waals surface area contributed by atoms with Gasteiger partial charge in [0.1, 0.15) is 24.1 Å². The van der Waals surface area contributed by atoms with Gasteiger partial charge in [-0.3, -0.25) is 9.36 Å². The maximum Gasteiger partial charge on any atom is 0.280 e. The summed E-state index contributed by atoms with van der Waals surface area (Å²) in [6.07, 6.45) is 0.878. The number of rotatable bonds is 4. The predicted molar refractivity (Wildman–Crippen MR) is 102 cm³/mol. The van der Waals surface area contributed by atoms with Crippen LogP contribution >= 0.6 is 11.6 Å². The number of hydrogen-bond donors (Lipinski definition) is 1. The molecule has 0 saturated heterocycles. The second kappa shape index (κ2) is 7.24. The zero-order valence-electron chi connectivity index (χ0n) is 14.9. The van der Waals surface area contributed by atoms with E-state index in [-0.39, 0.29) is 23.1 Å². The number of benzene rings is 2. The molecule has 1 aliphatic heterocycles. The third-order valence-electron chi connectivity index (χ3n) is 4.60. The Balaban J connectivity index is 1.65. The van der Waals surface area contributed by atoms with Gasteiger partial charge in [0, 0.05) is 23.9 Å². The van der Waals surface area contributed by atoms with Crippen LogP contribution in [0.2, 0.25) is 5.02 Å². The number of fused-ring (bicyclic) bond motifs is 1. The highest BCUT2D eigenvalue weighted by Gasteiger charge is 2.18. The minimum absolute atomic E-state index is 0.0908. The standard InChI is InChI=1S/C20H16ClF2N3O2/c1-11-25-19(28-10-13-2-3-14(22)9-16(13)23)18(21)20(27)26(11)15-4-5-17-12(8-15)6-7-24-17/h2-5,8-9,24H,6-7,10H2,1H3. The molecule has 4 rings (SSSR count). The van der Waals surface area contributed by atoms with Gasteiger partial charge in [-0.25, -0.2) is 8.78 Å². The summed E-state index contributed by atoms with van der Waals surface area (Å²) in [4.78, 5) is 17.1. The second-order valence-corrected chi connectivity index (χ2v) is 6.84. The quantitative estimate of drug-likeness (QED) is 0.715. The van der Waals surface area contributed by atoms with Gasteiger partial charge in [-0.2, -0.15) is 4.98 Å². The van der Waals surface area contributed by atoms with Crippen molar-refractivity contribution < 1.29 is 13.5 Å². The monoisotopic (exact) mass is 403 g/mol. The van der Waals surface area contributed by atoms with E-state index in [9.17, 15) is 13.6 Å². The van der Waals surface area contributed by atoms with E-state index >= 15 is 0 Å². The Morgan fingerprint density at radius 1 is 1.25 bits per heavy atom. The molecule has 0 radical (unpaired) electrons. The first-order valence-electron chi connectivity index (χ1n) is 8.67. The lowest BCUT2D eigenvalue weighted by Gasteiger charge is -2.14. The Kier molecular flexibility index (Phi) is 4.77. The number of aromatic nitrogens is 2. The minimum Gasteiger partial charge on any atom is -0.471 e. The topological polar surface area (TPSA) is 56.1 Å². The first-order chi connectivity index (χ1) is 13.4. The predicted octanol–water partition coefficient (Wildman–Crippen LogP) is 4.02. The smallest absolute Gasteiger partial charge is 0.280 e. The average Bonchev–Trinajstić information content (AvgIpc) is 3.12. The van der Waals surface area contributed by atoms with E-state index in [0.717, 1.165) is 36.3 Å². The van der Waals surface area contributed by atoms with Crippen LogP contribution in [0.1, 0.15) is 17.0 Å². The van der Waals surface area contributed by atoms with E-state index in [4.69, 9.17) is 16.3 Å². The Morgan fingerprint density at radius 3 is 2.86 bits per heavy atom. The molecule has 0 atom stereocenters. The van der Waals surface area contributed by atoms with Crippen LogP contribution in [0, 0.1) is 18.6 Å². The lowest BCUT2D eigenvalue weighted by atomic mass is 10.1. The number of anilines is 1. The summed E-state index contributed by atoms with van der Waals surface area (Å²) in [6.45, 7) is 2.29. The molecule has 5 nitrogen and oxygen atoms in total. The van der Waals surface area contributed by atoms with Crippen LogP contribution in [0.5, 0.6) is 5.88 Å². The van der Waals surface area contributed by atoms with Gasteiger partial charge in [0.2, 0.25) is 5.88 Å². The van der Waals surface area contributed by atoms with Crippen molar-refractivity contribution in [1.29, 1.82) is 0 Å². The number of nitrogens with one attached hydrogen (secondary N) is 1. The average molecular weight is 404 g/mol. The van der Waals surface area contributed by atoms with Crippen molar-refractivity contribution in [3.63, 3.8) is 0 Å². The minimum atomic E-state index is -0.743. The van der Waals surface area contributed by atoms with Crippen LogP contribution in [-0.4, -0.2) is 16.1 Å². The third kappa shape index (κ3) is 3.33. The highest BCUT2D eigenvalue weighted by atomic mass is 35.5. The van der Waals surface area contributed by atoms with Crippen LogP contribution in [0.4, 0.5) is 14.5 Å². The summed E-state index contributed by atoms with van der Waals surface area (Å²) < 4.78 is 33.6. The first kappa shape index (κ1) is 18.4. The van der Waals surface area contributed by atoms with Gasteiger partial charge >= 0.3 is 0 Å². The van der Waals surface area contributed by atoms with Crippen molar-refractivity contribution in [2.24, 2.45) is 0 Å². The van der Waals surface area contributed by atoms with E-state index in [0.29, 0.717) is 11.5 Å². The number of ether oxygens (including phenoxy) is 1. The summed E-state index contributed by atoms with van der Waals surface area (Å²) in [5.74, 6) is -1.13. The van der Waals surface area contributed by atoms with Gasteiger partial charge in [0.25, 0.3) is 5.56 Å². The van der Waals surface area contributed by atoms with Gasteiger partial charge in [-0.15, -0.1) is 0 Å². The largest absolute Gasteiger partial charge is 0.471 e. The Bertz CT molecular complexity index is 1130. The van der Waals surface area contributed by atoms with Crippen molar-refractivity contribution in [3.05, 3.63) is 80.4 Å². The van der Waals surface area contributed by atoms with Crippen molar-refractivity contribution in [2.45, 2.75) is 20.0 Å². The van der Waals surface area contributed by atoms with Gasteiger partial charge in [-0.1, -0.05) is 11.6 Å². The van der Waals surface area contributed by atoms with Crippen LogP contribution in [-0.2, 0) is 13.0 Å². The Labute approximate surface area is 164 Å². The molecule has 28 heavy (non-hydrogen) atoms. The summed E-state index contributed by atoms with van der Waals surface area (Å²) in [5, 5.41) is 3.06. The van der Waals surface area contributed by atoms with Crippen molar-refractivity contribution >= 4 is 17.3 Å². The zero-order chi connectivity index (χ0) is 19.8. The molecular weight excluding hydrogens is 388 g/mol. The molecule has 0 fully saturated rings. The molecule has 1 N–H and O–H groups in total. The number of aryl methyl sites for hydroxylation is 1. The Morgan fingerprint density at radius 2 is 2.07 bits per heavy atom. The van der Waals surface area contributed by atoms with Crippen molar-refractivity contribution in [1.82, 2.24) is 9.55 Å². The van der Waals surface area contributed by atoms with E-state index in [1.165, 1.54) is 10.6 Å². The summed E-state index contributed by atoms with van der Waals surface area (Å²) in [6, 6.07) is 8.82. The summed E-state index contributed by atoms with van der Waals surface area (Å²) in [7, 11) is 0. The fraction of sp³-hybridized carbons (Fsp3) is 0.200. The van der Waals surface area contributed by atoms with E-state index < -0.39 is 17.2 Å².